The summed E-state index contributed by atoms with van der Waals surface area (Å²) in [7, 11) is 1.97. The molecular weight excluding hydrogens is 312 g/mol. The molecule has 0 fully saturated rings. The molecule has 0 unspecified atom stereocenters. The highest BCUT2D eigenvalue weighted by Crippen LogP contribution is 2.24. The van der Waals surface area contributed by atoms with Crippen molar-refractivity contribution in [2.75, 3.05) is 13.6 Å². The molecule has 0 radical (unpaired) electrons. The lowest BCUT2D eigenvalue weighted by Crippen LogP contribution is -2.14. The minimum atomic E-state index is -0.302. The van der Waals surface area contributed by atoms with E-state index in [0.29, 0.717) is 5.56 Å². The van der Waals surface area contributed by atoms with Gasteiger partial charge in [0.15, 0.2) is 0 Å². The molecule has 0 saturated heterocycles. The van der Waals surface area contributed by atoms with Crippen molar-refractivity contribution in [2.24, 2.45) is 4.99 Å². The Hall–Kier alpha value is -2.62. The van der Waals surface area contributed by atoms with Crippen LogP contribution in [0.4, 0.5) is 5.69 Å². The number of aliphatic imine (C=N–C) groups is 1. The van der Waals surface area contributed by atoms with Crippen LogP contribution >= 0.6 is 0 Å². The second-order valence-electron chi connectivity index (χ2n) is 6.34. The van der Waals surface area contributed by atoms with Crippen molar-refractivity contribution in [3.63, 3.8) is 0 Å². The van der Waals surface area contributed by atoms with Gasteiger partial charge in [0.1, 0.15) is 6.61 Å². The molecule has 132 valence electrons. The minimum absolute atomic E-state index is 0.278. The van der Waals surface area contributed by atoms with Crippen molar-refractivity contribution >= 4 is 18.0 Å². The molecule has 0 spiro atoms. The fourth-order valence-corrected chi connectivity index (χ4v) is 2.43. The second kappa shape index (κ2) is 8.47. The Labute approximate surface area is 150 Å². The van der Waals surface area contributed by atoms with Gasteiger partial charge in [-0.3, -0.25) is 0 Å². The van der Waals surface area contributed by atoms with E-state index in [2.05, 4.69) is 11.9 Å². The Bertz CT molecular complexity index is 781. The van der Waals surface area contributed by atoms with Crippen molar-refractivity contribution in [1.82, 2.24) is 4.90 Å². The predicted molar refractivity (Wildman–Crippen MR) is 103 cm³/mol. The molecule has 0 aliphatic rings. The minimum Gasteiger partial charge on any atom is -0.457 e. The third-order valence-corrected chi connectivity index (χ3v) is 4.11. The zero-order chi connectivity index (χ0) is 18.4. The molecule has 0 amide bonds. The zero-order valence-electron chi connectivity index (χ0n) is 15.7. The largest absolute Gasteiger partial charge is 0.457 e. The summed E-state index contributed by atoms with van der Waals surface area (Å²) >= 11 is 0. The van der Waals surface area contributed by atoms with Crippen molar-refractivity contribution in [1.29, 1.82) is 0 Å². The lowest BCUT2D eigenvalue weighted by atomic mass is 10.0. The van der Waals surface area contributed by atoms with Gasteiger partial charge in [-0.25, -0.2) is 9.79 Å². The Morgan fingerprint density at radius 3 is 2.60 bits per heavy atom. The Kier molecular flexibility index (Phi) is 6.34. The van der Waals surface area contributed by atoms with Crippen LogP contribution in [-0.2, 0) is 11.3 Å². The van der Waals surface area contributed by atoms with Crippen LogP contribution in [0.3, 0.4) is 0 Å². The maximum atomic E-state index is 12.4. The van der Waals surface area contributed by atoms with Gasteiger partial charge < -0.3 is 9.64 Å². The molecule has 2 aromatic rings. The average molecular weight is 338 g/mol. The highest BCUT2D eigenvalue weighted by molar-refractivity contribution is 5.92. The summed E-state index contributed by atoms with van der Waals surface area (Å²) in [6.45, 7) is 9.12. The van der Waals surface area contributed by atoms with Gasteiger partial charge >= 0.3 is 5.97 Å². The van der Waals surface area contributed by atoms with Gasteiger partial charge in [0.25, 0.3) is 0 Å². The predicted octanol–water partition coefficient (Wildman–Crippen LogP) is 4.58. The smallest absolute Gasteiger partial charge is 0.338 e. The summed E-state index contributed by atoms with van der Waals surface area (Å²) < 4.78 is 5.47. The summed E-state index contributed by atoms with van der Waals surface area (Å²) in [5.41, 5.74) is 5.42. The van der Waals surface area contributed by atoms with Gasteiger partial charge in [0, 0.05) is 13.6 Å². The number of rotatable bonds is 6. The van der Waals surface area contributed by atoms with Crippen LogP contribution in [0.1, 0.15) is 39.5 Å². The molecule has 4 nitrogen and oxygen atoms in total. The molecule has 4 heteroatoms. The highest BCUT2D eigenvalue weighted by Gasteiger charge is 2.13. The molecule has 0 aliphatic heterocycles. The SMILES string of the molecule is CCN(C)C=Nc1cc(C)c(C(=O)OCc2cccc(C)c2)cc1C. The van der Waals surface area contributed by atoms with Crippen molar-refractivity contribution in [3.8, 4) is 0 Å². The summed E-state index contributed by atoms with van der Waals surface area (Å²) in [5.74, 6) is -0.302. The first-order valence-electron chi connectivity index (χ1n) is 8.49. The van der Waals surface area contributed by atoms with E-state index in [1.807, 2.05) is 69.1 Å². The standard InChI is InChI=1S/C21H26N2O2/c1-6-23(5)14-22-20-12-16(3)19(11-17(20)4)21(24)25-13-18-9-7-8-15(2)10-18/h7-12,14H,6,13H2,1-5H3. The molecule has 0 saturated carbocycles. The van der Waals surface area contributed by atoms with E-state index in [-0.39, 0.29) is 12.6 Å². The number of nitrogens with zero attached hydrogens (tertiary/aromatic N) is 2. The van der Waals surface area contributed by atoms with Crippen LogP contribution < -0.4 is 0 Å². The monoisotopic (exact) mass is 338 g/mol. The number of benzene rings is 2. The van der Waals surface area contributed by atoms with Crippen molar-refractivity contribution in [3.05, 3.63) is 64.2 Å². The fourth-order valence-electron chi connectivity index (χ4n) is 2.43. The van der Waals surface area contributed by atoms with Crippen LogP contribution in [-0.4, -0.2) is 30.8 Å². The van der Waals surface area contributed by atoms with E-state index in [9.17, 15) is 4.79 Å². The molecule has 0 N–H and O–H groups in total. The Morgan fingerprint density at radius 2 is 1.92 bits per heavy atom. The molecule has 0 bridgehead atoms. The van der Waals surface area contributed by atoms with Crippen LogP contribution in [0.2, 0.25) is 0 Å². The number of carbonyl (C=O) groups excluding carboxylic acids is 1. The first-order valence-corrected chi connectivity index (χ1v) is 8.49. The van der Waals surface area contributed by atoms with Crippen LogP contribution in [0.15, 0.2) is 41.4 Å². The average Bonchev–Trinajstić information content (AvgIpc) is 2.59. The Morgan fingerprint density at radius 1 is 1.16 bits per heavy atom. The first-order chi connectivity index (χ1) is 11.9. The Balaban J connectivity index is 2.12. The number of carbonyl (C=O) groups is 1. The topological polar surface area (TPSA) is 41.9 Å². The summed E-state index contributed by atoms with van der Waals surface area (Å²) in [6.07, 6.45) is 1.80. The lowest BCUT2D eigenvalue weighted by Gasteiger charge is -2.12. The molecule has 2 aromatic carbocycles. The quantitative estimate of drug-likeness (QED) is 0.440. The van der Waals surface area contributed by atoms with Crippen LogP contribution in [0.5, 0.6) is 0 Å². The van der Waals surface area contributed by atoms with Crippen LogP contribution in [0.25, 0.3) is 0 Å². The maximum absolute atomic E-state index is 12.4. The molecule has 2 rings (SSSR count). The third kappa shape index (κ3) is 5.18. The number of esters is 1. The summed E-state index contributed by atoms with van der Waals surface area (Å²) in [5, 5.41) is 0. The zero-order valence-corrected chi connectivity index (χ0v) is 15.7. The van der Waals surface area contributed by atoms with E-state index in [0.717, 1.165) is 34.5 Å². The summed E-state index contributed by atoms with van der Waals surface area (Å²) in [6, 6.07) is 11.8. The van der Waals surface area contributed by atoms with E-state index >= 15 is 0 Å². The molecule has 0 aromatic heterocycles. The van der Waals surface area contributed by atoms with Gasteiger partial charge in [-0.2, -0.15) is 0 Å². The van der Waals surface area contributed by atoms with E-state index in [4.69, 9.17) is 4.74 Å². The normalized spacial score (nSPS) is 10.9. The first kappa shape index (κ1) is 18.7. The second-order valence-corrected chi connectivity index (χ2v) is 6.34. The van der Waals surface area contributed by atoms with E-state index < -0.39 is 0 Å². The van der Waals surface area contributed by atoms with Gasteiger partial charge in [0.05, 0.1) is 17.6 Å². The van der Waals surface area contributed by atoms with Crippen molar-refractivity contribution < 1.29 is 9.53 Å². The number of hydrogen-bond donors (Lipinski definition) is 0. The van der Waals surface area contributed by atoms with E-state index in [1.165, 1.54) is 0 Å². The van der Waals surface area contributed by atoms with Crippen LogP contribution in [0, 0.1) is 20.8 Å². The fraction of sp³-hybridized carbons (Fsp3) is 0.333. The number of hydrogen-bond acceptors (Lipinski definition) is 3. The van der Waals surface area contributed by atoms with E-state index in [1.54, 1.807) is 6.34 Å². The number of aryl methyl sites for hydroxylation is 3. The van der Waals surface area contributed by atoms with Gasteiger partial charge in [-0.15, -0.1) is 0 Å². The highest BCUT2D eigenvalue weighted by atomic mass is 16.5. The third-order valence-electron chi connectivity index (χ3n) is 4.11. The van der Waals surface area contributed by atoms with Gasteiger partial charge in [0.2, 0.25) is 0 Å². The van der Waals surface area contributed by atoms with Gasteiger partial charge in [-0.05, 0) is 56.5 Å². The number of ether oxygens (including phenoxy) is 1. The molecule has 0 aliphatic carbocycles. The molecule has 0 atom stereocenters. The molecule has 25 heavy (non-hydrogen) atoms. The molecular formula is C21H26N2O2. The lowest BCUT2D eigenvalue weighted by molar-refractivity contribution is 0.0471. The maximum Gasteiger partial charge on any atom is 0.338 e. The summed E-state index contributed by atoms with van der Waals surface area (Å²) in [4.78, 5) is 18.9. The van der Waals surface area contributed by atoms with Gasteiger partial charge in [-0.1, -0.05) is 29.8 Å². The van der Waals surface area contributed by atoms with Crippen molar-refractivity contribution in [2.45, 2.75) is 34.3 Å². The molecule has 0 heterocycles.